The number of primary amides is 1. The smallest absolute Gasteiger partial charge is 0.266 e. The topological polar surface area (TPSA) is 258 Å². The lowest BCUT2D eigenvalue weighted by molar-refractivity contribution is -0.136. The summed E-state index contributed by atoms with van der Waals surface area (Å²) >= 11 is 6.68. The molecule has 4 N–H and O–H groups in total. The van der Waals surface area contributed by atoms with Crippen molar-refractivity contribution in [3.05, 3.63) is 135 Å². The van der Waals surface area contributed by atoms with E-state index in [4.69, 9.17) is 50.2 Å². The minimum Gasteiger partial charge on any atom is -0.493 e. The van der Waals surface area contributed by atoms with Gasteiger partial charge in [0.1, 0.15) is 47.8 Å². The number of ether oxygens (including phenoxy) is 6. The maximum absolute atomic E-state index is 13.7. The Morgan fingerprint density at radius 1 is 0.750 bits per heavy atom. The molecule has 2 aliphatic rings. The molecule has 5 aromatic carbocycles. The fraction of sp³-hybridized carbons (Fsp3) is 0.255. The summed E-state index contributed by atoms with van der Waals surface area (Å²) in [6.45, 7) is 3.82. The number of imide groups is 2. The molecule has 0 radical (unpaired) electrons. The fourth-order valence-electron chi connectivity index (χ4n) is 7.97. The van der Waals surface area contributed by atoms with E-state index in [9.17, 15) is 37.2 Å². The number of anilines is 1. The van der Waals surface area contributed by atoms with Crippen molar-refractivity contribution in [3.8, 4) is 39.7 Å². The Hall–Kier alpha value is -7.62. The molecule has 19 nitrogen and oxygen atoms in total. The number of sulfonamides is 1. The predicted molar refractivity (Wildman–Crippen MR) is 262 cm³/mol. The first-order chi connectivity index (χ1) is 34.7. The molecule has 1 fully saturated rings. The third-order valence-corrected chi connectivity index (χ3v) is 13.0. The maximum Gasteiger partial charge on any atom is 0.266 e. The first-order valence-corrected chi connectivity index (χ1v) is 24.5. The second-order valence-corrected chi connectivity index (χ2v) is 18.2. The van der Waals surface area contributed by atoms with Crippen LogP contribution in [0.2, 0.25) is 5.02 Å². The summed E-state index contributed by atoms with van der Waals surface area (Å²) in [5, 5.41) is 2.61. The number of halogens is 1. The standard InChI is InChI=1S/C51H47ClN4O15S/c1-2-68-43-29-45-38(27-37(43)30-23-31(48(53)59)25-32(24-30)55-72(63,64)34-7-4-3-5-8-34)41(57)28-44(71-45)35-12-11-33(26-39(35)52)69-21-19-66-17-15-65-16-18-67-20-22-70-42-10-6-9-36-47(42)51(62)56(50(36)61)40-13-14-46(58)54-49(40)60/h3-12,23-29,40,55H,2,13-22H2,1H3,(H2,53,59)(H,54,58,60). The Morgan fingerprint density at radius 2 is 1.46 bits per heavy atom. The largest absolute Gasteiger partial charge is 0.493 e. The minimum absolute atomic E-state index is 0.0157. The molecule has 1 unspecified atom stereocenters. The van der Waals surface area contributed by atoms with Crippen molar-refractivity contribution in [2.75, 3.05) is 64.2 Å². The third-order valence-electron chi connectivity index (χ3n) is 11.3. The first-order valence-electron chi connectivity index (χ1n) is 22.6. The van der Waals surface area contributed by atoms with Gasteiger partial charge in [0.2, 0.25) is 17.7 Å². The van der Waals surface area contributed by atoms with Crippen LogP contribution >= 0.6 is 11.6 Å². The van der Waals surface area contributed by atoms with Crippen LogP contribution in [0.25, 0.3) is 33.4 Å². The van der Waals surface area contributed by atoms with Crippen molar-refractivity contribution >= 4 is 67.8 Å². The molecule has 1 aromatic heterocycles. The number of hydrogen-bond acceptors (Lipinski definition) is 15. The van der Waals surface area contributed by atoms with Gasteiger partial charge in [0, 0.05) is 35.2 Å². The Bertz CT molecular complexity index is 3240. The summed E-state index contributed by atoms with van der Waals surface area (Å²) in [4.78, 5) is 77.2. The number of carbonyl (C=O) groups is 5. The van der Waals surface area contributed by atoms with Gasteiger partial charge in [-0.15, -0.1) is 0 Å². The van der Waals surface area contributed by atoms with Crippen LogP contribution in [0.1, 0.15) is 50.8 Å². The molecule has 1 atom stereocenters. The molecule has 5 amide bonds. The molecular formula is C51H47ClN4O15S. The van der Waals surface area contributed by atoms with Gasteiger partial charge in [0.25, 0.3) is 21.8 Å². The van der Waals surface area contributed by atoms with Crippen LogP contribution in [0.3, 0.4) is 0 Å². The van der Waals surface area contributed by atoms with E-state index in [2.05, 4.69) is 10.0 Å². The van der Waals surface area contributed by atoms with Crippen LogP contribution in [0.15, 0.2) is 117 Å². The van der Waals surface area contributed by atoms with Gasteiger partial charge < -0.3 is 38.6 Å². The van der Waals surface area contributed by atoms with Gasteiger partial charge in [-0.25, -0.2) is 8.42 Å². The molecule has 3 heterocycles. The average molecular weight is 1020 g/mol. The predicted octanol–water partition coefficient (Wildman–Crippen LogP) is 5.99. The highest BCUT2D eigenvalue weighted by molar-refractivity contribution is 7.92. The highest BCUT2D eigenvalue weighted by atomic mass is 35.5. The number of nitrogens with two attached hydrogens (primary N) is 1. The average Bonchev–Trinajstić information content (AvgIpc) is 3.61. The summed E-state index contributed by atoms with van der Waals surface area (Å²) in [7, 11) is -4.03. The van der Waals surface area contributed by atoms with E-state index in [0.717, 1.165) is 4.90 Å². The van der Waals surface area contributed by atoms with E-state index in [0.29, 0.717) is 41.4 Å². The maximum atomic E-state index is 13.7. The molecule has 6 aromatic rings. The Kier molecular flexibility index (Phi) is 16.0. The molecule has 0 spiro atoms. The van der Waals surface area contributed by atoms with E-state index in [1.54, 1.807) is 67.6 Å². The van der Waals surface area contributed by atoms with Crippen molar-refractivity contribution in [1.82, 2.24) is 10.2 Å². The van der Waals surface area contributed by atoms with Gasteiger partial charge in [-0.05, 0) is 85.6 Å². The number of hydrogen-bond donors (Lipinski definition) is 3. The van der Waals surface area contributed by atoms with Crippen LogP contribution < -0.4 is 35.4 Å². The Morgan fingerprint density at radius 3 is 2.14 bits per heavy atom. The number of piperidine rings is 1. The van der Waals surface area contributed by atoms with Gasteiger partial charge in [0.15, 0.2) is 5.43 Å². The highest BCUT2D eigenvalue weighted by Crippen LogP contribution is 2.39. The van der Waals surface area contributed by atoms with Crippen molar-refractivity contribution in [1.29, 1.82) is 0 Å². The highest BCUT2D eigenvalue weighted by Gasteiger charge is 2.46. The first kappa shape index (κ1) is 50.8. The van der Waals surface area contributed by atoms with Crippen LogP contribution in [-0.2, 0) is 33.8 Å². The van der Waals surface area contributed by atoms with Crippen molar-refractivity contribution in [2.24, 2.45) is 5.73 Å². The number of benzene rings is 5. The lowest BCUT2D eigenvalue weighted by atomic mass is 9.99. The molecule has 374 valence electrons. The SMILES string of the molecule is CCOc1cc2oc(-c3ccc(OCCOCCOCCOCCOc4cccc5c4C(=O)N(C4CCC(=O)NC4=O)C5=O)cc3Cl)cc(=O)c2cc1-c1cc(NS(=O)(=O)c2ccccc2)cc(C(N)=O)c1. The van der Waals surface area contributed by atoms with E-state index in [-0.39, 0.29) is 114 Å². The summed E-state index contributed by atoms with van der Waals surface area (Å²) < 4.78 is 69.4. The normalized spacial score (nSPS) is 14.6. The zero-order chi connectivity index (χ0) is 50.9. The number of carbonyl (C=O) groups excluding carboxylic acids is 5. The van der Waals surface area contributed by atoms with Crippen LogP contribution in [0, 0.1) is 0 Å². The fourth-order valence-corrected chi connectivity index (χ4v) is 9.30. The molecule has 2 aliphatic heterocycles. The number of nitrogens with zero attached hydrogens (tertiary/aromatic N) is 1. The van der Waals surface area contributed by atoms with Gasteiger partial charge >= 0.3 is 0 Å². The van der Waals surface area contributed by atoms with E-state index in [1.165, 1.54) is 42.5 Å². The number of rotatable bonds is 23. The Labute approximate surface area is 417 Å². The molecule has 21 heteroatoms. The molecule has 72 heavy (non-hydrogen) atoms. The molecule has 1 saturated heterocycles. The van der Waals surface area contributed by atoms with Crippen molar-refractivity contribution in [3.63, 3.8) is 0 Å². The number of amides is 5. The summed E-state index contributed by atoms with van der Waals surface area (Å²) in [6, 6.07) is 24.9. The molecule has 0 bridgehead atoms. The van der Waals surface area contributed by atoms with Gasteiger partial charge in [0.05, 0.1) is 78.4 Å². The van der Waals surface area contributed by atoms with Crippen LogP contribution in [0.4, 0.5) is 5.69 Å². The number of fused-ring (bicyclic) bond motifs is 2. The zero-order valence-electron chi connectivity index (χ0n) is 38.6. The van der Waals surface area contributed by atoms with E-state index < -0.39 is 51.0 Å². The monoisotopic (exact) mass is 1020 g/mol. The van der Waals surface area contributed by atoms with Gasteiger partial charge in [-0.2, -0.15) is 0 Å². The molecule has 8 rings (SSSR count). The third kappa shape index (κ3) is 11.6. The van der Waals surface area contributed by atoms with Crippen molar-refractivity contribution in [2.45, 2.75) is 30.7 Å². The number of nitrogens with one attached hydrogen (secondary N) is 2. The quantitative estimate of drug-likeness (QED) is 0.0492. The minimum atomic E-state index is -4.03. The lowest BCUT2D eigenvalue weighted by Gasteiger charge is -2.27. The second-order valence-electron chi connectivity index (χ2n) is 16.1. The second kappa shape index (κ2) is 22.6. The van der Waals surface area contributed by atoms with Gasteiger partial charge in [-0.1, -0.05) is 35.9 Å². The van der Waals surface area contributed by atoms with E-state index in [1.807, 2.05) is 0 Å². The van der Waals surface area contributed by atoms with Crippen molar-refractivity contribution < 1.29 is 65.2 Å². The summed E-state index contributed by atoms with van der Waals surface area (Å²) in [6.07, 6.45) is 0.0749. The lowest BCUT2D eigenvalue weighted by Crippen LogP contribution is -2.54. The molecular weight excluding hydrogens is 976 g/mol. The Balaban J connectivity index is 0.785. The van der Waals surface area contributed by atoms with E-state index >= 15 is 0 Å². The summed E-state index contributed by atoms with van der Waals surface area (Å²) in [5.41, 5.74) is 6.86. The van der Waals surface area contributed by atoms with Crippen LogP contribution in [0.5, 0.6) is 17.2 Å². The summed E-state index contributed by atoms with van der Waals surface area (Å²) in [5.74, 6) is -2.10. The van der Waals surface area contributed by atoms with Crippen LogP contribution in [-0.4, -0.2) is 108 Å². The molecule has 0 aliphatic carbocycles. The zero-order valence-corrected chi connectivity index (χ0v) is 40.2. The molecule has 0 saturated carbocycles. The van der Waals surface area contributed by atoms with Gasteiger partial charge in [-0.3, -0.25) is 43.7 Å².